The normalized spacial score (nSPS) is 21.2. The van der Waals surface area contributed by atoms with Crippen molar-refractivity contribution < 1.29 is 14.7 Å². The number of aliphatic carboxylic acids is 1. The van der Waals surface area contributed by atoms with E-state index in [1.165, 1.54) is 6.20 Å². The van der Waals surface area contributed by atoms with Crippen LogP contribution in [0.5, 0.6) is 0 Å². The minimum Gasteiger partial charge on any atom is -0.481 e. The van der Waals surface area contributed by atoms with E-state index in [9.17, 15) is 14.7 Å². The third kappa shape index (κ3) is 3.08. The summed E-state index contributed by atoms with van der Waals surface area (Å²) >= 11 is 0. The fraction of sp³-hybridized carbons (Fsp3) is 0.375. The lowest BCUT2D eigenvalue weighted by molar-refractivity contribution is -0.143. The number of hydrogen-bond acceptors (Lipinski definition) is 4. The van der Waals surface area contributed by atoms with Gasteiger partial charge in [0.25, 0.3) is 5.91 Å². The van der Waals surface area contributed by atoms with Crippen LogP contribution in [0.15, 0.2) is 37.1 Å². The van der Waals surface area contributed by atoms with Crippen molar-refractivity contribution in [2.45, 2.75) is 25.8 Å². The van der Waals surface area contributed by atoms with Gasteiger partial charge in [0.2, 0.25) is 0 Å². The van der Waals surface area contributed by atoms with Crippen molar-refractivity contribution in [2.24, 2.45) is 5.92 Å². The van der Waals surface area contributed by atoms with E-state index in [2.05, 4.69) is 9.97 Å². The van der Waals surface area contributed by atoms with Crippen LogP contribution in [0.25, 0.3) is 5.82 Å². The Labute approximate surface area is 133 Å². The number of aromatic nitrogens is 3. The van der Waals surface area contributed by atoms with E-state index in [-0.39, 0.29) is 18.5 Å². The average Bonchev–Trinajstić information content (AvgIpc) is 3.09. The molecule has 0 aromatic carbocycles. The minimum atomic E-state index is -0.844. The van der Waals surface area contributed by atoms with E-state index in [0.29, 0.717) is 24.2 Å². The van der Waals surface area contributed by atoms with Gasteiger partial charge in [0.05, 0.1) is 11.5 Å². The number of pyridine rings is 1. The molecule has 3 rings (SSSR count). The molecular weight excluding hydrogens is 296 g/mol. The quantitative estimate of drug-likeness (QED) is 0.929. The summed E-state index contributed by atoms with van der Waals surface area (Å²) in [6.45, 7) is 2.20. The van der Waals surface area contributed by atoms with Crippen LogP contribution in [0.2, 0.25) is 0 Å². The van der Waals surface area contributed by atoms with Gasteiger partial charge in [-0.25, -0.2) is 9.97 Å². The molecule has 2 aromatic rings. The highest BCUT2D eigenvalue weighted by Crippen LogP contribution is 2.24. The molecule has 7 nitrogen and oxygen atoms in total. The molecule has 0 spiro atoms. The molecule has 1 aliphatic heterocycles. The van der Waals surface area contributed by atoms with Crippen molar-refractivity contribution in [1.29, 1.82) is 0 Å². The van der Waals surface area contributed by atoms with Crippen LogP contribution in [0.3, 0.4) is 0 Å². The Morgan fingerprint density at radius 2 is 2.13 bits per heavy atom. The number of carboxylic acid groups (broad SMARTS) is 1. The second-order valence-corrected chi connectivity index (χ2v) is 5.79. The summed E-state index contributed by atoms with van der Waals surface area (Å²) in [6.07, 6.45) is 7.89. The van der Waals surface area contributed by atoms with Crippen molar-refractivity contribution in [1.82, 2.24) is 19.4 Å². The highest BCUT2D eigenvalue weighted by atomic mass is 16.4. The van der Waals surface area contributed by atoms with E-state index in [4.69, 9.17) is 0 Å². The number of nitrogens with zero attached hydrogens (tertiary/aromatic N) is 4. The highest BCUT2D eigenvalue weighted by molar-refractivity contribution is 5.94. The number of carbonyl (C=O) groups is 2. The van der Waals surface area contributed by atoms with Gasteiger partial charge in [0.15, 0.2) is 0 Å². The number of carboxylic acids is 1. The fourth-order valence-corrected chi connectivity index (χ4v) is 2.82. The molecule has 0 aliphatic carbocycles. The van der Waals surface area contributed by atoms with Crippen molar-refractivity contribution >= 4 is 11.9 Å². The SMILES string of the molecule is CC1CCC(C(=O)O)CN1C(=O)c1ccc(-n2ccnc2)nc1. The van der Waals surface area contributed by atoms with E-state index in [1.54, 1.807) is 40.3 Å². The summed E-state index contributed by atoms with van der Waals surface area (Å²) in [6, 6.07) is 3.49. The summed E-state index contributed by atoms with van der Waals surface area (Å²) < 4.78 is 1.75. The van der Waals surface area contributed by atoms with Gasteiger partial charge in [0.1, 0.15) is 12.1 Å². The molecule has 0 saturated carbocycles. The molecule has 0 bridgehead atoms. The van der Waals surface area contributed by atoms with Crippen LogP contribution >= 0.6 is 0 Å². The van der Waals surface area contributed by atoms with Crippen molar-refractivity contribution in [2.75, 3.05) is 6.54 Å². The van der Waals surface area contributed by atoms with Crippen molar-refractivity contribution in [3.63, 3.8) is 0 Å². The van der Waals surface area contributed by atoms with Crippen LogP contribution in [-0.2, 0) is 4.79 Å². The molecule has 1 fully saturated rings. The molecule has 1 aliphatic rings. The summed E-state index contributed by atoms with van der Waals surface area (Å²) in [5, 5.41) is 9.18. The zero-order valence-corrected chi connectivity index (χ0v) is 12.8. The Bertz CT molecular complexity index is 697. The number of piperidine rings is 1. The first kappa shape index (κ1) is 15.2. The number of rotatable bonds is 3. The molecule has 2 unspecified atom stereocenters. The number of amides is 1. The Morgan fingerprint density at radius 1 is 1.30 bits per heavy atom. The topological polar surface area (TPSA) is 88.3 Å². The zero-order chi connectivity index (χ0) is 16.4. The molecule has 23 heavy (non-hydrogen) atoms. The molecular formula is C16H18N4O3. The van der Waals surface area contributed by atoms with Crippen molar-refractivity contribution in [3.8, 4) is 5.82 Å². The van der Waals surface area contributed by atoms with Crippen LogP contribution < -0.4 is 0 Å². The maximum atomic E-state index is 12.6. The first-order valence-corrected chi connectivity index (χ1v) is 7.54. The predicted octanol–water partition coefficient (Wildman–Crippen LogP) is 1.59. The van der Waals surface area contributed by atoms with Gasteiger partial charge in [-0.1, -0.05) is 0 Å². The molecule has 7 heteroatoms. The zero-order valence-electron chi connectivity index (χ0n) is 12.8. The number of likely N-dealkylation sites (tertiary alicyclic amines) is 1. The standard InChI is InChI=1S/C16H18N4O3/c1-11-2-3-13(16(22)23)9-20(11)15(21)12-4-5-14(18-8-12)19-7-6-17-10-19/h4-8,10-11,13H,2-3,9H2,1H3,(H,22,23). The molecule has 3 heterocycles. The first-order chi connectivity index (χ1) is 11.1. The average molecular weight is 314 g/mol. The number of carbonyl (C=O) groups excluding carboxylic acids is 1. The van der Waals surface area contributed by atoms with Gasteiger partial charge in [-0.2, -0.15) is 0 Å². The van der Waals surface area contributed by atoms with E-state index in [1.807, 2.05) is 6.92 Å². The lowest BCUT2D eigenvalue weighted by atomic mass is 9.93. The highest BCUT2D eigenvalue weighted by Gasteiger charge is 2.33. The van der Waals surface area contributed by atoms with Gasteiger partial charge in [-0.05, 0) is 31.9 Å². The van der Waals surface area contributed by atoms with E-state index < -0.39 is 11.9 Å². The van der Waals surface area contributed by atoms with E-state index >= 15 is 0 Å². The van der Waals surface area contributed by atoms with Gasteiger partial charge in [0, 0.05) is 31.2 Å². The fourth-order valence-electron chi connectivity index (χ4n) is 2.82. The smallest absolute Gasteiger partial charge is 0.308 e. The molecule has 1 amide bonds. The second kappa shape index (κ2) is 6.20. The van der Waals surface area contributed by atoms with Crippen LogP contribution in [-0.4, -0.2) is 49.0 Å². The number of hydrogen-bond donors (Lipinski definition) is 1. The second-order valence-electron chi connectivity index (χ2n) is 5.79. The van der Waals surface area contributed by atoms with Crippen LogP contribution in [0.1, 0.15) is 30.1 Å². The monoisotopic (exact) mass is 314 g/mol. The van der Waals surface area contributed by atoms with E-state index in [0.717, 1.165) is 0 Å². The third-order valence-corrected chi connectivity index (χ3v) is 4.26. The summed E-state index contributed by atoms with van der Waals surface area (Å²) in [7, 11) is 0. The third-order valence-electron chi connectivity index (χ3n) is 4.26. The minimum absolute atomic E-state index is 0.0337. The van der Waals surface area contributed by atoms with Crippen LogP contribution in [0, 0.1) is 5.92 Å². The van der Waals surface area contributed by atoms with Gasteiger partial charge in [-0.15, -0.1) is 0 Å². The molecule has 120 valence electrons. The lowest BCUT2D eigenvalue weighted by Gasteiger charge is -2.36. The molecule has 2 aromatic heterocycles. The Hall–Kier alpha value is -2.70. The summed E-state index contributed by atoms with van der Waals surface area (Å²) in [4.78, 5) is 33.7. The van der Waals surface area contributed by atoms with Crippen molar-refractivity contribution in [3.05, 3.63) is 42.6 Å². The summed E-state index contributed by atoms with van der Waals surface area (Å²) in [5.74, 6) is -0.834. The van der Waals surface area contributed by atoms with Gasteiger partial charge < -0.3 is 10.0 Å². The van der Waals surface area contributed by atoms with Gasteiger partial charge >= 0.3 is 5.97 Å². The molecule has 0 radical (unpaired) electrons. The maximum absolute atomic E-state index is 12.6. The molecule has 2 atom stereocenters. The largest absolute Gasteiger partial charge is 0.481 e. The Morgan fingerprint density at radius 3 is 2.74 bits per heavy atom. The number of imidazole rings is 1. The van der Waals surface area contributed by atoms with Crippen LogP contribution in [0.4, 0.5) is 0 Å². The predicted molar refractivity (Wildman–Crippen MR) is 82.2 cm³/mol. The maximum Gasteiger partial charge on any atom is 0.308 e. The Kier molecular flexibility index (Phi) is 4.10. The molecule has 1 saturated heterocycles. The van der Waals surface area contributed by atoms with Gasteiger partial charge in [-0.3, -0.25) is 14.2 Å². The molecule has 1 N–H and O–H groups in total. The summed E-state index contributed by atoms with van der Waals surface area (Å²) in [5.41, 5.74) is 0.465. The lowest BCUT2D eigenvalue weighted by Crippen LogP contribution is -2.47. The first-order valence-electron chi connectivity index (χ1n) is 7.54. The Balaban J connectivity index is 1.77.